The maximum Gasteiger partial charge on any atom is 0.257 e. The fourth-order valence-corrected chi connectivity index (χ4v) is 1.45. The molecule has 0 aliphatic heterocycles. The van der Waals surface area contributed by atoms with Crippen LogP contribution in [0.4, 0.5) is 8.78 Å². The molecule has 17 heavy (non-hydrogen) atoms. The van der Waals surface area contributed by atoms with E-state index in [9.17, 15) is 18.7 Å². The number of carbonyl (C=O) groups excluding carboxylic acids is 1. The van der Waals surface area contributed by atoms with Gasteiger partial charge in [0.05, 0.1) is 6.10 Å². The summed E-state index contributed by atoms with van der Waals surface area (Å²) in [7, 11) is 0. The quantitative estimate of drug-likeness (QED) is 0.829. The van der Waals surface area contributed by atoms with Crippen LogP contribution in [0.2, 0.25) is 0 Å². The largest absolute Gasteiger partial charge is 0.391 e. The van der Waals surface area contributed by atoms with Crippen LogP contribution >= 0.6 is 0 Å². The van der Waals surface area contributed by atoms with Crippen molar-refractivity contribution in [1.29, 1.82) is 0 Å². The predicted octanol–water partition coefficient (Wildman–Crippen LogP) is 1.86. The molecule has 0 saturated carbocycles. The van der Waals surface area contributed by atoms with Gasteiger partial charge in [-0.3, -0.25) is 4.79 Å². The highest BCUT2D eigenvalue weighted by Gasteiger charge is 2.17. The summed E-state index contributed by atoms with van der Waals surface area (Å²) in [4.78, 5) is 11.5. The molecule has 0 aliphatic rings. The van der Waals surface area contributed by atoms with Gasteiger partial charge in [0.25, 0.3) is 5.91 Å². The van der Waals surface area contributed by atoms with Gasteiger partial charge >= 0.3 is 0 Å². The number of benzene rings is 1. The standard InChI is InChI=1S/C12H15F2NO2/c1-2-4-8(16)7-15-12(17)11-9(13)5-3-6-10(11)14/h3,5-6,8,16H,2,4,7H2,1H3,(H,15,17). The van der Waals surface area contributed by atoms with E-state index in [1.165, 1.54) is 6.07 Å². The SMILES string of the molecule is CCCC(O)CNC(=O)c1c(F)cccc1F. The Kier molecular flexibility index (Phi) is 5.03. The third kappa shape index (κ3) is 3.78. The van der Waals surface area contributed by atoms with Crippen molar-refractivity contribution < 1.29 is 18.7 Å². The Bertz CT molecular complexity index is 376. The first-order valence-electron chi connectivity index (χ1n) is 5.46. The number of hydrogen-bond acceptors (Lipinski definition) is 2. The summed E-state index contributed by atoms with van der Waals surface area (Å²) in [5.41, 5.74) is -0.615. The zero-order valence-corrected chi connectivity index (χ0v) is 9.54. The number of aliphatic hydroxyl groups excluding tert-OH is 1. The molecule has 1 unspecified atom stereocenters. The van der Waals surface area contributed by atoms with E-state index in [0.29, 0.717) is 6.42 Å². The molecule has 1 aromatic rings. The van der Waals surface area contributed by atoms with E-state index in [4.69, 9.17) is 0 Å². The van der Waals surface area contributed by atoms with Gasteiger partial charge in [-0.15, -0.1) is 0 Å². The Morgan fingerprint density at radius 2 is 2.00 bits per heavy atom. The normalized spacial score (nSPS) is 12.2. The van der Waals surface area contributed by atoms with Crippen molar-refractivity contribution in [2.75, 3.05) is 6.54 Å². The van der Waals surface area contributed by atoms with Crippen molar-refractivity contribution in [3.05, 3.63) is 35.4 Å². The summed E-state index contributed by atoms with van der Waals surface area (Å²) >= 11 is 0. The summed E-state index contributed by atoms with van der Waals surface area (Å²) in [6.45, 7) is 1.88. The molecule has 94 valence electrons. The van der Waals surface area contributed by atoms with E-state index >= 15 is 0 Å². The van der Waals surface area contributed by atoms with Crippen molar-refractivity contribution >= 4 is 5.91 Å². The number of carbonyl (C=O) groups is 1. The van der Waals surface area contributed by atoms with Crippen LogP contribution in [-0.2, 0) is 0 Å². The second-order valence-electron chi connectivity index (χ2n) is 3.75. The number of nitrogens with one attached hydrogen (secondary N) is 1. The van der Waals surface area contributed by atoms with E-state index in [2.05, 4.69) is 5.32 Å². The zero-order chi connectivity index (χ0) is 12.8. The summed E-state index contributed by atoms with van der Waals surface area (Å²) in [6, 6.07) is 3.22. The maximum atomic E-state index is 13.2. The van der Waals surface area contributed by atoms with Crippen LogP contribution in [0.3, 0.4) is 0 Å². The average Bonchev–Trinajstić information content (AvgIpc) is 2.26. The lowest BCUT2D eigenvalue weighted by atomic mass is 10.1. The highest BCUT2D eigenvalue weighted by atomic mass is 19.1. The molecule has 0 aromatic heterocycles. The highest BCUT2D eigenvalue weighted by molar-refractivity contribution is 5.94. The molecule has 0 radical (unpaired) electrons. The molecule has 5 heteroatoms. The molecule has 0 spiro atoms. The average molecular weight is 243 g/mol. The van der Waals surface area contributed by atoms with E-state index < -0.39 is 29.2 Å². The first kappa shape index (κ1) is 13.6. The van der Waals surface area contributed by atoms with Gasteiger partial charge in [-0.05, 0) is 18.6 Å². The van der Waals surface area contributed by atoms with E-state index in [1.807, 2.05) is 6.92 Å². The fourth-order valence-electron chi connectivity index (χ4n) is 1.45. The number of hydrogen-bond donors (Lipinski definition) is 2. The Morgan fingerprint density at radius 1 is 1.41 bits per heavy atom. The van der Waals surface area contributed by atoms with Gasteiger partial charge in [-0.2, -0.15) is 0 Å². The Labute approximate surface area is 98.5 Å². The summed E-state index contributed by atoms with van der Waals surface area (Å²) < 4.78 is 26.4. The fraction of sp³-hybridized carbons (Fsp3) is 0.417. The molecule has 0 fully saturated rings. The summed E-state index contributed by atoms with van der Waals surface area (Å²) in [5.74, 6) is -2.67. The van der Waals surface area contributed by atoms with Crippen LogP contribution in [0, 0.1) is 11.6 Å². The van der Waals surface area contributed by atoms with Gasteiger partial charge in [0.1, 0.15) is 17.2 Å². The number of halogens is 2. The number of aliphatic hydroxyl groups is 1. The molecular weight excluding hydrogens is 228 g/mol. The van der Waals surface area contributed by atoms with Crippen molar-refractivity contribution in [3.8, 4) is 0 Å². The third-order valence-electron chi connectivity index (χ3n) is 2.31. The Morgan fingerprint density at radius 3 is 2.53 bits per heavy atom. The van der Waals surface area contributed by atoms with Crippen molar-refractivity contribution in [2.45, 2.75) is 25.9 Å². The third-order valence-corrected chi connectivity index (χ3v) is 2.31. The first-order valence-corrected chi connectivity index (χ1v) is 5.46. The molecule has 1 rings (SSSR count). The van der Waals surface area contributed by atoms with Crippen LogP contribution in [0.15, 0.2) is 18.2 Å². The molecule has 3 nitrogen and oxygen atoms in total. The molecule has 0 aliphatic carbocycles. The molecule has 1 amide bonds. The van der Waals surface area contributed by atoms with Crippen LogP contribution < -0.4 is 5.32 Å². The van der Waals surface area contributed by atoms with Crippen LogP contribution in [0.5, 0.6) is 0 Å². The zero-order valence-electron chi connectivity index (χ0n) is 9.54. The minimum Gasteiger partial charge on any atom is -0.391 e. The van der Waals surface area contributed by atoms with Gasteiger partial charge in [0.2, 0.25) is 0 Å². The Hall–Kier alpha value is -1.49. The van der Waals surface area contributed by atoms with E-state index in [0.717, 1.165) is 18.6 Å². The number of amides is 1. The molecule has 0 saturated heterocycles. The Balaban J connectivity index is 2.64. The number of rotatable bonds is 5. The minimum atomic E-state index is -0.910. The summed E-state index contributed by atoms with van der Waals surface area (Å²) in [5, 5.41) is 11.7. The predicted molar refractivity (Wildman–Crippen MR) is 59.6 cm³/mol. The van der Waals surface area contributed by atoms with E-state index in [-0.39, 0.29) is 6.54 Å². The second kappa shape index (κ2) is 6.30. The molecule has 0 heterocycles. The lowest BCUT2D eigenvalue weighted by Gasteiger charge is -2.11. The maximum absolute atomic E-state index is 13.2. The van der Waals surface area contributed by atoms with Gasteiger partial charge in [0.15, 0.2) is 0 Å². The van der Waals surface area contributed by atoms with E-state index in [1.54, 1.807) is 0 Å². The smallest absolute Gasteiger partial charge is 0.257 e. The summed E-state index contributed by atoms with van der Waals surface area (Å²) in [6.07, 6.45) is 0.601. The second-order valence-corrected chi connectivity index (χ2v) is 3.75. The lowest BCUT2D eigenvalue weighted by molar-refractivity contribution is 0.0902. The first-order chi connectivity index (χ1) is 8.06. The molecular formula is C12H15F2NO2. The highest BCUT2D eigenvalue weighted by Crippen LogP contribution is 2.11. The molecule has 2 N–H and O–H groups in total. The van der Waals surface area contributed by atoms with Gasteiger partial charge in [0, 0.05) is 6.54 Å². The van der Waals surface area contributed by atoms with Crippen molar-refractivity contribution in [3.63, 3.8) is 0 Å². The molecule has 1 aromatic carbocycles. The molecule has 1 atom stereocenters. The van der Waals surface area contributed by atoms with Crippen LogP contribution in [0.25, 0.3) is 0 Å². The lowest BCUT2D eigenvalue weighted by Crippen LogP contribution is -2.33. The molecule has 0 bridgehead atoms. The minimum absolute atomic E-state index is 0.0134. The van der Waals surface area contributed by atoms with Gasteiger partial charge < -0.3 is 10.4 Å². The van der Waals surface area contributed by atoms with Gasteiger partial charge in [-0.25, -0.2) is 8.78 Å². The monoisotopic (exact) mass is 243 g/mol. The van der Waals surface area contributed by atoms with Crippen LogP contribution in [0.1, 0.15) is 30.1 Å². The van der Waals surface area contributed by atoms with Crippen LogP contribution in [-0.4, -0.2) is 23.7 Å². The van der Waals surface area contributed by atoms with Crippen molar-refractivity contribution in [2.24, 2.45) is 0 Å². The topological polar surface area (TPSA) is 49.3 Å². The van der Waals surface area contributed by atoms with Crippen molar-refractivity contribution in [1.82, 2.24) is 5.32 Å². The van der Waals surface area contributed by atoms with Gasteiger partial charge in [-0.1, -0.05) is 19.4 Å².